The Morgan fingerprint density at radius 2 is 1.56 bits per heavy atom. The van der Waals surface area contributed by atoms with Gasteiger partial charge in [-0.3, -0.25) is 14.4 Å². The molecule has 1 aliphatic heterocycles. The molecule has 1 heterocycles. The summed E-state index contributed by atoms with van der Waals surface area (Å²) in [7, 11) is 0. The Morgan fingerprint density at radius 1 is 0.833 bits per heavy atom. The number of ether oxygens (including phenoxy) is 1. The molecule has 36 heavy (non-hydrogen) atoms. The van der Waals surface area contributed by atoms with Gasteiger partial charge in [0.05, 0.1) is 5.56 Å². The first-order valence-electron chi connectivity index (χ1n) is 11.6. The zero-order valence-electron chi connectivity index (χ0n) is 19.8. The van der Waals surface area contributed by atoms with Gasteiger partial charge in [-0.1, -0.05) is 66.7 Å². The SMILES string of the molecule is Cc1ccc(C)c(NC(=O)C(=O)[C@@H](C(=O)c2ccc3ccccc3c2)[C@H]2OC(=O)c3ccccc32)c1. The summed E-state index contributed by atoms with van der Waals surface area (Å²) in [6, 6.07) is 24.7. The Balaban J connectivity index is 1.55. The molecule has 0 bridgehead atoms. The summed E-state index contributed by atoms with van der Waals surface area (Å²) in [5, 5.41) is 4.40. The molecule has 0 spiro atoms. The molecule has 0 aliphatic carbocycles. The predicted molar refractivity (Wildman–Crippen MR) is 136 cm³/mol. The van der Waals surface area contributed by atoms with E-state index < -0.39 is 35.5 Å². The van der Waals surface area contributed by atoms with Gasteiger partial charge in [0.25, 0.3) is 5.91 Å². The van der Waals surface area contributed by atoms with E-state index in [9.17, 15) is 19.2 Å². The zero-order chi connectivity index (χ0) is 25.4. The van der Waals surface area contributed by atoms with Crippen LogP contribution in [0.1, 0.15) is 43.5 Å². The van der Waals surface area contributed by atoms with Gasteiger partial charge in [-0.25, -0.2) is 4.79 Å². The number of carbonyl (C=O) groups is 4. The smallest absolute Gasteiger partial charge is 0.339 e. The van der Waals surface area contributed by atoms with Crippen molar-refractivity contribution in [3.05, 3.63) is 113 Å². The lowest BCUT2D eigenvalue weighted by atomic mass is 9.84. The summed E-state index contributed by atoms with van der Waals surface area (Å²) in [6.07, 6.45) is -1.20. The third kappa shape index (κ3) is 4.18. The van der Waals surface area contributed by atoms with Crippen LogP contribution in [0.4, 0.5) is 5.69 Å². The number of hydrogen-bond donors (Lipinski definition) is 1. The number of Topliss-reactive ketones (excluding diaryl/α,β-unsaturated/α-hetero) is 2. The number of ketones is 2. The van der Waals surface area contributed by atoms with E-state index in [4.69, 9.17) is 4.74 Å². The maximum atomic E-state index is 13.8. The van der Waals surface area contributed by atoms with Gasteiger partial charge < -0.3 is 10.1 Å². The number of cyclic esters (lactones) is 1. The minimum Gasteiger partial charge on any atom is -0.453 e. The van der Waals surface area contributed by atoms with Gasteiger partial charge in [-0.15, -0.1) is 0 Å². The van der Waals surface area contributed by atoms with Crippen LogP contribution < -0.4 is 5.32 Å². The van der Waals surface area contributed by atoms with Crippen molar-refractivity contribution in [2.24, 2.45) is 5.92 Å². The zero-order valence-corrected chi connectivity index (χ0v) is 19.8. The van der Waals surface area contributed by atoms with Gasteiger partial charge in [-0.2, -0.15) is 0 Å². The van der Waals surface area contributed by atoms with Crippen LogP contribution in [-0.2, 0) is 14.3 Å². The molecule has 0 unspecified atom stereocenters. The number of fused-ring (bicyclic) bond motifs is 2. The lowest BCUT2D eigenvalue weighted by Crippen LogP contribution is -2.38. The molecule has 1 N–H and O–H groups in total. The molecule has 1 aliphatic rings. The Bertz CT molecular complexity index is 1550. The number of amides is 1. The summed E-state index contributed by atoms with van der Waals surface area (Å²) in [5.74, 6) is -4.67. The molecule has 6 nitrogen and oxygen atoms in total. The van der Waals surface area contributed by atoms with E-state index in [1.165, 1.54) is 0 Å². The van der Waals surface area contributed by atoms with Crippen LogP contribution in [0.2, 0.25) is 0 Å². The fourth-order valence-corrected chi connectivity index (χ4v) is 4.53. The monoisotopic (exact) mass is 477 g/mol. The van der Waals surface area contributed by atoms with Crippen molar-refractivity contribution < 1.29 is 23.9 Å². The molecule has 0 aromatic heterocycles. The van der Waals surface area contributed by atoms with Crippen LogP contribution in [0.15, 0.2) is 84.9 Å². The summed E-state index contributed by atoms with van der Waals surface area (Å²) < 4.78 is 5.53. The average Bonchev–Trinajstić information content (AvgIpc) is 3.22. The summed E-state index contributed by atoms with van der Waals surface area (Å²) in [4.78, 5) is 53.1. The van der Waals surface area contributed by atoms with Crippen molar-refractivity contribution in [2.75, 3.05) is 5.32 Å². The second-order valence-electron chi connectivity index (χ2n) is 8.95. The molecule has 2 atom stereocenters. The summed E-state index contributed by atoms with van der Waals surface area (Å²) in [5.41, 5.74) is 3.11. The Hall–Kier alpha value is -4.58. The van der Waals surface area contributed by atoms with Gasteiger partial charge in [0.15, 0.2) is 5.78 Å². The van der Waals surface area contributed by atoms with Crippen LogP contribution in [-0.4, -0.2) is 23.4 Å². The van der Waals surface area contributed by atoms with E-state index in [-0.39, 0.29) is 11.1 Å². The fourth-order valence-electron chi connectivity index (χ4n) is 4.53. The molecule has 0 fully saturated rings. The Labute approximate surface area is 207 Å². The molecule has 1 amide bonds. The van der Waals surface area contributed by atoms with Crippen molar-refractivity contribution in [3.8, 4) is 0 Å². The molecule has 0 saturated carbocycles. The molecule has 6 heteroatoms. The first kappa shape index (κ1) is 23.2. The van der Waals surface area contributed by atoms with Gasteiger partial charge in [0.2, 0.25) is 5.78 Å². The quantitative estimate of drug-likeness (QED) is 0.174. The Morgan fingerprint density at radius 3 is 2.36 bits per heavy atom. The third-order valence-electron chi connectivity index (χ3n) is 6.49. The van der Waals surface area contributed by atoms with E-state index in [1.807, 2.05) is 50.2 Å². The number of aryl methyl sites for hydroxylation is 2. The van der Waals surface area contributed by atoms with E-state index in [2.05, 4.69) is 5.32 Å². The molecular weight excluding hydrogens is 454 g/mol. The predicted octanol–water partition coefficient (Wildman–Crippen LogP) is 5.38. The van der Waals surface area contributed by atoms with Crippen LogP contribution in [0.25, 0.3) is 10.8 Å². The highest BCUT2D eigenvalue weighted by molar-refractivity contribution is 6.45. The van der Waals surface area contributed by atoms with E-state index >= 15 is 0 Å². The first-order chi connectivity index (χ1) is 17.3. The van der Waals surface area contributed by atoms with E-state index in [1.54, 1.807) is 48.5 Å². The molecule has 5 rings (SSSR count). The maximum absolute atomic E-state index is 13.8. The molecule has 4 aromatic rings. The van der Waals surface area contributed by atoms with Crippen molar-refractivity contribution in [3.63, 3.8) is 0 Å². The highest BCUT2D eigenvalue weighted by Gasteiger charge is 2.46. The van der Waals surface area contributed by atoms with Gasteiger partial charge in [0, 0.05) is 16.8 Å². The molecular formula is C30H23NO5. The van der Waals surface area contributed by atoms with Gasteiger partial charge >= 0.3 is 5.97 Å². The number of carbonyl (C=O) groups excluding carboxylic acids is 4. The van der Waals surface area contributed by atoms with E-state index in [0.717, 1.165) is 21.9 Å². The first-order valence-corrected chi connectivity index (χ1v) is 11.6. The number of hydrogen-bond acceptors (Lipinski definition) is 5. The second-order valence-corrected chi connectivity index (χ2v) is 8.95. The molecule has 0 radical (unpaired) electrons. The van der Waals surface area contributed by atoms with Crippen molar-refractivity contribution >= 4 is 39.9 Å². The number of nitrogens with one attached hydrogen (secondary N) is 1. The van der Waals surface area contributed by atoms with Crippen LogP contribution in [0.3, 0.4) is 0 Å². The highest BCUT2D eigenvalue weighted by Crippen LogP contribution is 2.38. The largest absolute Gasteiger partial charge is 0.453 e. The molecule has 0 saturated heterocycles. The fraction of sp³-hybridized carbons (Fsp3) is 0.133. The number of anilines is 1. The number of benzene rings is 4. The van der Waals surface area contributed by atoms with Crippen LogP contribution in [0.5, 0.6) is 0 Å². The third-order valence-corrected chi connectivity index (χ3v) is 6.49. The van der Waals surface area contributed by atoms with Crippen LogP contribution >= 0.6 is 0 Å². The van der Waals surface area contributed by atoms with Crippen molar-refractivity contribution in [2.45, 2.75) is 20.0 Å². The Kier molecular flexibility index (Phi) is 5.94. The normalized spacial score (nSPS) is 15.2. The minimum absolute atomic E-state index is 0.256. The topological polar surface area (TPSA) is 89.5 Å². The van der Waals surface area contributed by atoms with Crippen molar-refractivity contribution in [1.29, 1.82) is 0 Å². The lowest BCUT2D eigenvalue weighted by molar-refractivity contribution is -0.138. The average molecular weight is 478 g/mol. The number of esters is 1. The second kappa shape index (κ2) is 9.23. The van der Waals surface area contributed by atoms with Gasteiger partial charge in [0.1, 0.15) is 12.0 Å². The highest BCUT2D eigenvalue weighted by atomic mass is 16.5. The molecule has 4 aromatic carbocycles. The molecule has 178 valence electrons. The minimum atomic E-state index is -1.54. The number of rotatable bonds is 6. The van der Waals surface area contributed by atoms with Crippen LogP contribution in [0, 0.1) is 19.8 Å². The maximum Gasteiger partial charge on any atom is 0.339 e. The lowest BCUT2D eigenvalue weighted by Gasteiger charge is -2.21. The standard InChI is InChI=1S/C30H23NO5/c1-17-11-12-18(2)24(15-17)31-29(34)27(33)25(28-22-9-5-6-10-23(22)30(35)36-28)26(32)21-14-13-19-7-3-4-8-20(19)16-21/h3-16,25,28H,1-2H3,(H,31,34)/t25-,28+/m1/s1. The van der Waals surface area contributed by atoms with Crippen molar-refractivity contribution in [1.82, 2.24) is 0 Å². The summed E-state index contributed by atoms with van der Waals surface area (Å²) in [6.45, 7) is 3.68. The van der Waals surface area contributed by atoms with Gasteiger partial charge in [-0.05, 0) is 53.9 Å². The van der Waals surface area contributed by atoms with E-state index in [0.29, 0.717) is 11.3 Å². The summed E-state index contributed by atoms with van der Waals surface area (Å²) >= 11 is 0.